The topological polar surface area (TPSA) is 59.4 Å². The number of halogens is 1. The predicted molar refractivity (Wildman–Crippen MR) is 117 cm³/mol. The second kappa shape index (κ2) is 9.27. The molecule has 152 valence electrons. The van der Waals surface area contributed by atoms with E-state index in [2.05, 4.69) is 33.3 Å². The number of thiophene rings is 1. The Labute approximate surface area is 180 Å². The molecule has 2 aliphatic rings. The summed E-state index contributed by atoms with van der Waals surface area (Å²) < 4.78 is 0. The van der Waals surface area contributed by atoms with Crippen LogP contribution in [-0.4, -0.2) is 48.4 Å². The minimum Gasteiger partial charge on any atom is -0.317 e. The van der Waals surface area contributed by atoms with Crippen molar-refractivity contribution in [2.45, 2.75) is 32.2 Å². The molecule has 0 saturated carbocycles. The Kier molecular flexibility index (Phi) is 6.51. The van der Waals surface area contributed by atoms with Crippen molar-refractivity contribution in [3.8, 4) is 6.07 Å². The number of aryl methyl sites for hydroxylation is 1. The Morgan fingerprint density at radius 3 is 2.59 bits per heavy atom. The van der Waals surface area contributed by atoms with E-state index in [4.69, 9.17) is 11.6 Å². The van der Waals surface area contributed by atoms with Crippen LogP contribution in [0.2, 0.25) is 5.02 Å². The van der Waals surface area contributed by atoms with Crippen LogP contribution < -0.4 is 5.32 Å². The third kappa shape index (κ3) is 4.99. The summed E-state index contributed by atoms with van der Waals surface area (Å²) in [6.45, 7) is 5.63. The molecule has 5 nitrogen and oxygen atoms in total. The maximum Gasteiger partial charge on any atom is 0.226 e. The Morgan fingerprint density at radius 2 is 1.86 bits per heavy atom. The molecule has 1 saturated heterocycles. The molecule has 1 N–H and O–H groups in total. The highest BCUT2D eigenvalue weighted by Gasteiger charge is 2.23. The van der Waals surface area contributed by atoms with Crippen molar-refractivity contribution in [1.82, 2.24) is 9.80 Å². The van der Waals surface area contributed by atoms with Gasteiger partial charge in [-0.25, -0.2) is 0 Å². The molecule has 1 aromatic heterocycles. The van der Waals surface area contributed by atoms with Crippen molar-refractivity contribution >= 4 is 33.8 Å². The first-order chi connectivity index (χ1) is 14.1. The number of amides is 1. The van der Waals surface area contributed by atoms with Crippen molar-refractivity contribution in [3.63, 3.8) is 0 Å². The van der Waals surface area contributed by atoms with Crippen LogP contribution in [0, 0.1) is 11.3 Å². The highest BCUT2D eigenvalue weighted by Crippen LogP contribution is 2.38. The molecule has 4 rings (SSSR count). The number of hydrogen-bond acceptors (Lipinski definition) is 5. The Balaban J connectivity index is 1.21. The molecule has 0 radical (unpaired) electrons. The van der Waals surface area contributed by atoms with E-state index in [1.807, 2.05) is 12.1 Å². The van der Waals surface area contributed by atoms with Gasteiger partial charge in [-0.15, -0.1) is 11.3 Å². The molecule has 1 aromatic carbocycles. The fourth-order valence-corrected chi connectivity index (χ4v) is 5.46. The molecular weight excluding hydrogens is 404 g/mol. The van der Waals surface area contributed by atoms with E-state index in [0.717, 1.165) is 74.1 Å². The van der Waals surface area contributed by atoms with Gasteiger partial charge in [0.25, 0.3) is 0 Å². The van der Waals surface area contributed by atoms with Gasteiger partial charge in [0.15, 0.2) is 0 Å². The number of fused-ring (bicyclic) bond motifs is 1. The molecule has 0 atom stereocenters. The zero-order valence-electron chi connectivity index (χ0n) is 16.4. The van der Waals surface area contributed by atoms with Gasteiger partial charge < -0.3 is 10.2 Å². The number of nitrogens with zero attached hydrogens (tertiary/aromatic N) is 3. The van der Waals surface area contributed by atoms with Crippen molar-refractivity contribution in [2.24, 2.45) is 0 Å². The van der Waals surface area contributed by atoms with E-state index in [1.165, 1.54) is 10.4 Å². The lowest BCUT2D eigenvalue weighted by atomic mass is 10.1. The number of rotatable bonds is 6. The number of hydrogen-bond donors (Lipinski definition) is 1. The Bertz CT molecular complexity index is 910. The quantitative estimate of drug-likeness (QED) is 0.757. The van der Waals surface area contributed by atoms with Crippen LogP contribution in [0.4, 0.5) is 5.00 Å². The number of nitrogens with one attached hydrogen (secondary N) is 1. The molecule has 0 spiro atoms. The van der Waals surface area contributed by atoms with E-state index in [0.29, 0.717) is 12.0 Å². The maximum atomic E-state index is 12.4. The highest BCUT2D eigenvalue weighted by molar-refractivity contribution is 7.16. The standard InChI is InChI=1S/C22H25ClN4OS/c23-17-6-4-16(5-7-17)15-27-12-10-26(11-13-27)9-8-21(28)25-22-19(14-24)18-2-1-3-20(18)29-22/h4-7H,1-3,8-13,15H2,(H,25,28). The highest BCUT2D eigenvalue weighted by atomic mass is 35.5. The summed E-state index contributed by atoms with van der Waals surface area (Å²) in [6, 6.07) is 10.3. The van der Waals surface area contributed by atoms with Gasteiger partial charge in [0, 0.05) is 55.6 Å². The number of carbonyl (C=O) groups is 1. The summed E-state index contributed by atoms with van der Waals surface area (Å²) in [5.41, 5.74) is 3.12. The summed E-state index contributed by atoms with van der Waals surface area (Å²) in [7, 11) is 0. The van der Waals surface area contributed by atoms with Gasteiger partial charge in [-0.05, 0) is 42.5 Å². The van der Waals surface area contributed by atoms with E-state index in [-0.39, 0.29) is 5.91 Å². The van der Waals surface area contributed by atoms with Crippen molar-refractivity contribution in [3.05, 3.63) is 50.9 Å². The minimum atomic E-state index is 0.00465. The fraction of sp³-hybridized carbons (Fsp3) is 0.455. The van der Waals surface area contributed by atoms with Crippen LogP contribution in [0.25, 0.3) is 0 Å². The average Bonchev–Trinajstić information content (AvgIpc) is 3.30. The Hall–Kier alpha value is -1.91. The first-order valence-electron chi connectivity index (χ1n) is 10.2. The van der Waals surface area contributed by atoms with Gasteiger partial charge in [0.05, 0.1) is 5.56 Å². The zero-order valence-corrected chi connectivity index (χ0v) is 18.0. The number of carbonyl (C=O) groups excluding carboxylic acids is 1. The molecule has 1 fully saturated rings. The first-order valence-corrected chi connectivity index (χ1v) is 11.4. The van der Waals surface area contributed by atoms with E-state index in [9.17, 15) is 10.1 Å². The minimum absolute atomic E-state index is 0.00465. The van der Waals surface area contributed by atoms with Gasteiger partial charge in [-0.2, -0.15) is 5.26 Å². The lowest BCUT2D eigenvalue weighted by molar-refractivity contribution is -0.116. The van der Waals surface area contributed by atoms with Gasteiger partial charge in [0.2, 0.25) is 5.91 Å². The molecule has 0 unspecified atom stereocenters. The molecule has 2 aromatic rings. The molecule has 2 heterocycles. The van der Waals surface area contributed by atoms with E-state index < -0.39 is 0 Å². The van der Waals surface area contributed by atoms with E-state index in [1.54, 1.807) is 11.3 Å². The van der Waals surface area contributed by atoms with Gasteiger partial charge >= 0.3 is 0 Å². The molecule has 7 heteroatoms. The maximum absolute atomic E-state index is 12.4. The predicted octanol–water partition coefficient (Wildman–Crippen LogP) is 3.91. The second-order valence-electron chi connectivity index (χ2n) is 7.72. The van der Waals surface area contributed by atoms with Gasteiger partial charge in [-0.1, -0.05) is 23.7 Å². The van der Waals surface area contributed by atoms with Crippen LogP contribution >= 0.6 is 22.9 Å². The second-order valence-corrected chi connectivity index (χ2v) is 9.26. The number of anilines is 1. The smallest absolute Gasteiger partial charge is 0.226 e. The van der Waals surface area contributed by atoms with Crippen molar-refractivity contribution < 1.29 is 4.79 Å². The molecule has 1 aliphatic carbocycles. The summed E-state index contributed by atoms with van der Waals surface area (Å²) in [5.74, 6) is 0.00465. The molecule has 1 aliphatic heterocycles. The van der Waals surface area contributed by atoms with Crippen LogP contribution in [0.3, 0.4) is 0 Å². The van der Waals surface area contributed by atoms with Gasteiger partial charge in [-0.3, -0.25) is 9.69 Å². The zero-order chi connectivity index (χ0) is 20.2. The summed E-state index contributed by atoms with van der Waals surface area (Å²) in [5, 5.41) is 13.9. The van der Waals surface area contributed by atoms with E-state index >= 15 is 0 Å². The SMILES string of the molecule is N#Cc1c(NC(=O)CCN2CCN(Cc3ccc(Cl)cc3)CC2)sc2c1CCC2. The first kappa shape index (κ1) is 20.4. The van der Waals surface area contributed by atoms with Crippen LogP contribution in [0.1, 0.15) is 34.4 Å². The van der Waals surface area contributed by atoms with Crippen molar-refractivity contribution in [2.75, 3.05) is 38.0 Å². The lowest BCUT2D eigenvalue weighted by Gasteiger charge is -2.34. The van der Waals surface area contributed by atoms with Crippen molar-refractivity contribution in [1.29, 1.82) is 5.26 Å². The van der Waals surface area contributed by atoms with Crippen LogP contribution in [-0.2, 0) is 24.2 Å². The molecule has 29 heavy (non-hydrogen) atoms. The largest absolute Gasteiger partial charge is 0.317 e. The Morgan fingerprint density at radius 1 is 1.14 bits per heavy atom. The third-order valence-corrected chi connectivity index (χ3v) is 7.18. The molecule has 1 amide bonds. The monoisotopic (exact) mass is 428 g/mol. The summed E-state index contributed by atoms with van der Waals surface area (Å²) in [4.78, 5) is 18.5. The molecule has 0 bridgehead atoms. The lowest BCUT2D eigenvalue weighted by Crippen LogP contribution is -2.46. The number of nitriles is 1. The normalized spacial score (nSPS) is 17.1. The third-order valence-electron chi connectivity index (χ3n) is 5.73. The number of piperazine rings is 1. The van der Waals surface area contributed by atoms with Crippen LogP contribution in [0.5, 0.6) is 0 Å². The summed E-state index contributed by atoms with van der Waals surface area (Å²) in [6.07, 6.45) is 3.58. The number of benzene rings is 1. The fourth-order valence-electron chi connectivity index (χ4n) is 4.08. The molecular formula is C22H25ClN4OS. The van der Waals surface area contributed by atoms with Gasteiger partial charge in [0.1, 0.15) is 11.1 Å². The van der Waals surface area contributed by atoms with Crippen LogP contribution in [0.15, 0.2) is 24.3 Å². The average molecular weight is 429 g/mol. The summed E-state index contributed by atoms with van der Waals surface area (Å²) >= 11 is 7.53.